The van der Waals surface area contributed by atoms with Gasteiger partial charge in [-0.15, -0.1) is 0 Å². The van der Waals surface area contributed by atoms with E-state index in [1.807, 2.05) is 36.5 Å². The standard InChI is InChI=1S/C41H36N6O2S/c48-50(49)37-19-10-18-36(27-37)45-22-11-23-46(25-24-45)40-38-26-31(20-21-39(38)42-30-43-40)32-28-44-47(29-32)41(33-12-4-1-5-13-33,34-14-6-2-7-15-34)35-16-8-3-9-17-35/h1-10,12-21,26-30H,11,22-25H2,(H,48,49). The third-order valence-corrected chi connectivity index (χ3v) is 10.3. The summed E-state index contributed by atoms with van der Waals surface area (Å²) in [5.74, 6) is 0.906. The van der Waals surface area contributed by atoms with Crippen LogP contribution in [0.5, 0.6) is 0 Å². The van der Waals surface area contributed by atoms with Crippen molar-refractivity contribution < 1.29 is 8.76 Å². The highest BCUT2D eigenvalue weighted by Gasteiger charge is 2.39. The maximum Gasteiger partial charge on any atom is 0.186 e. The summed E-state index contributed by atoms with van der Waals surface area (Å²) < 4.78 is 23.4. The molecular formula is C41H36N6O2S. The summed E-state index contributed by atoms with van der Waals surface area (Å²) >= 11 is -2.01. The number of rotatable bonds is 8. The van der Waals surface area contributed by atoms with Crippen molar-refractivity contribution in [1.29, 1.82) is 0 Å². The van der Waals surface area contributed by atoms with Gasteiger partial charge in [-0.2, -0.15) is 5.10 Å². The number of benzene rings is 5. The van der Waals surface area contributed by atoms with Crippen LogP contribution in [0.1, 0.15) is 23.1 Å². The molecule has 1 aliphatic heterocycles. The van der Waals surface area contributed by atoms with E-state index in [4.69, 9.17) is 10.1 Å². The van der Waals surface area contributed by atoms with Crippen LogP contribution >= 0.6 is 0 Å². The van der Waals surface area contributed by atoms with Crippen LogP contribution in [0.25, 0.3) is 22.0 Å². The van der Waals surface area contributed by atoms with Crippen LogP contribution in [-0.4, -0.2) is 54.7 Å². The van der Waals surface area contributed by atoms with Crippen molar-refractivity contribution in [3.8, 4) is 11.1 Å². The first kappa shape index (κ1) is 31.6. The quantitative estimate of drug-likeness (QED) is 0.131. The molecule has 0 amide bonds. The molecule has 0 aliphatic carbocycles. The molecule has 1 N–H and O–H groups in total. The maximum atomic E-state index is 11.7. The molecule has 0 radical (unpaired) electrons. The van der Waals surface area contributed by atoms with Crippen molar-refractivity contribution in [1.82, 2.24) is 19.7 Å². The minimum absolute atomic E-state index is 0.412. The molecule has 248 valence electrons. The van der Waals surface area contributed by atoms with Gasteiger partial charge in [0.15, 0.2) is 11.1 Å². The zero-order chi connectivity index (χ0) is 33.9. The fraction of sp³-hybridized carbons (Fsp3) is 0.146. The van der Waals surface area contributed by atoms with Crippen LogP contribution in [0, 0.1) is 0 Å². The van der Waals surface area contributed by atoms with Crippen molar-refractivity contribution in [2.75, 3.05) is 36.0 Å². The summed E-state index contributed by atoms with van der Waals surface area (Å²) in [6.07, 6.45) is 6.66. The van der Waals surface area contributed by atoms with Gasteiger partial charge in [-0.1, -0.05) is 103 Å². The average molecular weight is 677 g/mol. The summed E-state index contributed by atoms with van der Waals surface area (Å²) in [5.41, 5.74) is 6.53. The molecule has 0 bridgehead atoms. The third-order valence-electron chi connectivity index (χ3n) is 9.63. The largest absolute Gasteiger partial charge is 0.370 e. The highest BCUT2D eigenvalue weighted by atomic mass is 32.2. The van der Waals surface area contributed by atoms with Gasteiger partial charge in [0.1, 0.15) is 17.7 Å². The topological polar surface area (TPSA) is 87.4 Å². The second-order valence-electron chi connectivity index (χ2n) is 12.5. The normalized spacial score (nSPS) is 14.4. The van der Waals surface area contributed by atoms with Crippen LogP contribution in [0.4, 0.5) is 11.5 Å². The summed E-state index contributed by atoms with van der Waals surface area (Å²) in [6, 6.07) is 45.4. The Hall–Kier alpha value is -5.64. The molecule has 8 nitrogen and oxygen atoms in total. The van der Waals surface area contributed by atoms with E-state index in [0.29, 0.717) is 4.90 Å². The van der Waals surface area contributed by atoms with Crippen molar-refractivity contribution in [3.63, 3.8) is 0 Å². The minimum Gasteiger partial charge on any atom is -0.370 e. The monoisotopic (exact) mass is 676 g/mol. The van der Waals surface area contributed by atoms with Gasteiger partial charge in [0.2, 0.25) is 0 Å². The zero-order valence-corrected chi connectivity index (χ0v) is 28.2. The molecule has 9 heteroatoms. The minimum atomic E-state index is -2.01. The van der Waals surface area contributed by atoms with Gasteiger partial charge < -0.3 is 14.4 Å². The van der Waals surface area contributed by atoms with Crippen molar-refractivity contribution in [2.24, 2.45) is 0 Å². The first-order valence-corrected chi connectivity index (χ1v) is 17.9. The lowest BCUT2D eigenvalue weighted by Crippen LogP contribution is -2.38. The van der Waals surface area contributed by atoms with E-state index in [1.165, 1.54) is 0 Å². The Balaban J connectivity index is 1.17. The summed E-state index contributed by atoms with van der Waals surface area (Å²) in [7, 11) is 0. The van der Waals surface area contributed by atoms with E-state index in [9.17, 15) is 8.76 Å². The molecule has 1 aliphatic rings. The van der Waals surface area contributed by atoms with E-state index < -0.39 is 16.6 Å². The lowest BCUT2D eigenvalue weighted by atomic mass is 9.77. The number of nitrogens with zero attached hydrogens (tertiary/aromatic N) is 6. The van der Waals surface area contributed by atoms with Gasteiger partial charge in [-0.05, 0) is 59.0 Å². The smallest absolute Gasteiger partial charge is 0.186 e. The van der Waals surface area contributed by atoms with Gasteiger partial charge in [-0.3, -0.25) is 4.68 Å². The van der Waals surface area contributed by atoms with E-state index in [0.717, 1.165) is 82.8 Å². The predicted octanol–water partition coefficient (Wildman–Crippen LogP) is 7.63. The first-order valence-electron chi connectivity index (χ1n) is 16.8. The van der Waals surface area contributed by atoms with Crippen LogP contribution in [-0.2, 0) is 16.6 Å². The lowest BCUT2D eigenvalue weighted by Gasteiger charge is -2.36. The van der Waals surface area contributed by atoms with Gasteiger partial charge >= 0.3 is 0 Å². The average Bonchev–Trinajstić information content (AvgIpc) is 3.54. The van der Waals surface area contributed by atoms with Crippen molar-refractivity contribution in [2.45, 2.75) is 16.9 Å². The first-order chi connectivity index (χ1) is 24.6. The van der Waals surface area contributed by atoms with Crippen LogP contribution in [0.3, 0.4) is 0 Å². The predicted molar refractivity (Wildman–Crippen MR) is 200 cm³/mol. The van der Waals surface area contributed by atoms with Gasteiger partial charge in [-0.25, -0.2) is 14.2 Å². The molecule has 7 aromatic rings. The highest BCUT2D eigenvalue weighted by Crippen LogP contribution is 2.41. The van der Waals surface area contributed by atoms with E-state index >= 15 is 0 Å². The molecule has 2 aromatic heterocycles. The molecule has 50 heavy (non-hydrogen) atoms. The van der Waals surface area contributed by atoms with Gasteiger partial charge in [0.25, 0.3) is 0 Å². The number of anilines is 2. The Bertz CT molecular complexity index is 2170. The Morgan fingerprint density at radius 3 is 1.94 bits per heavy atom. The summed E-state index contributed by atoms with van der Waals surface area (Å²) in [6.45, 7) is 3.20. The molecule has 1 atom stereocenters. The molecule has 1 saturated heterocycles. The van der Waals surface area contributed by atoms with Crippen LogP contribution in [0.15, 0.2) is 157 Å². The molecule has 1 fully saturated rings. The molecule has 8 rings (SSSR count). The second-order valence-corrected chi connectivity index (χ2v) is 13.5. The molecule has 0 spiro atoms. The number of aromatic nitrogens is 4. The molecule has 0 saturated carbocycles. The number of hydrogen-bond acceptors (Lipinski definition) is 6. The fourth-order valence-electron chi connectivity index (χ4n) is 7.24. The Morgan fingerprint density at radius 2 is 1.28 bits per heavy atom. The van der Waals surface area contributed by atoms with E-state index in [-0.39, 0.29) is 0 Å². The van der Waals surface area contributed by atoms with Crippen LogP contribution < -0.4 is 9.80 Å². The molecular weight excluding hydrogens is 641 g/mol. The molecule has 5 aromatic carbocycles. The third kappa shape index (κ3) is 5.84. The maximum absolute atomic E-state index is 11.7. The van der Waals surface area contributed by atoms with Crippen molar-refractivity contribution >= 4 is 33.5 Å². The molecule has 1 unspecified atom stereocenters. The van der Waals surface area contributed by atoms with Gasteiger partial charge in [0, 0.05) is 49.0 Å². The van der Waals surface area contributed by atoms with E-state index in [1.54, 1.807) is 18.5 Å². The lowest BCUT2D eigenvalue weighted by molar-refractivity contribution is 0.460. The van der Waals surface area contributed by atoms with E-state index in [2.05, 4.69) is 117 Å². The summed E-state index contributed by atoms with van der Waals surface area (Å²) in [4.78, 5) is 14.5. The van der Waals surface area contributed by atoms with Gasteiger partial charge in [0.05, 0.1) is 16.6 Å². The summed E-state index contributed by atoms with van der Waals surface area (Å²) in [5, 5.41) is 6.08. The number of hydrogen-bond donors (Lipinski definition) is 1. The molecule has 3 heterocycles. The number of fused-ring (bicyclic) bond motifs is 1. The zero-order valence-electron chi connectivity index (χ0n) is 27.4. The van der Waals surface area contributed by atoms with Crippen molar-refractivity contribution in [3.05, 3.63) is 169 Å². The fourth-order valence-corrected chi connectivity index (χ4v) is 7.66. The highest BCUT2D eigenvalue weighted by molar-refractivity contribution is 7.79. The SMILES string of the molecule is O=S(O)c1cccc(N2CCCN(c3ncnc4ccc(-c5cnn(C(c6ccccc6)(c6ccccc6)c6ccccc6)c5)cc34)CC2)c1. The Kier molecular flexibility index (Phi) is 8.66. The second kappa shape index (κ2) is 13.7. The Labute approximate surface area is 294 Å². The Morgan fingerprint density at radius 1 is 0.640 bits per heavy atom. The van der Waals surface area contributed by atoms with Crippen LogP contribution in [0.2, 0.25) is 0 Å².